The van der Waals surface area contributed by atoms with E-state index in [1.54, 1.807) is 28.4 Å². The lowest BCUT2D eigenvalue weighted by molar-refractivity contribution is -0.119. The Kier molecular flexibility index (Phi) is 7.37. The van der Waals surface area contributed by atoms with Crippen molar-refractivity contribution < 1.29 is 27.8 Å². The highest BCUT2D eigenvalue weighted by molar-refractivity contribution is 5.96. The molecule has 11 nitrogen and oxygen atoms in total. The maximum absolute atomic E-state index is 13.5. The second-order valence-corrected chi connectivity index (χ2v) is 11.4. The van der Waals surface area contributed by atoms with E-state index in [1.165, 1.54) is 7.11 Å². The van der Waals surface area contributed by atoms with Gasteiger partial charge in [-0.2, -0.15) is 0 Å². The summed E-state index contributed by atoms with van der Waals surface area (Å²) in [5.41, 5.74) is 3.24. The first-order valence-electron chi connectivity index (χ1n) is 14.2. The molecule has 6 rings (SSSR count). The minimum atomic E-state index is -2.96. The zero-order valence-electron chi connectivity index (χ0n) is 23.5. The van der Waals surface area contributed by atoms with Crippen molar-refractivity contribution in [3.05, 3.63) is 46.5 Å². The number of aromatic nitrogens is 3. The van der Waals surface area contributed by atoms with Crippen molar-refractivity contribution in [1.82, 2.24) is 19.4 Å². The van der Waals surface area contributed by atoms with Crippen molar-refractivity contribution in [2.75, 3.05) is 31.0 Å². The number of alkyl halides is 2. The van der Waals surface area contributed by atoms with Crippen molar-refractivity contribution in [1.29, 1.82) is 0 Å². The van der Waals surface area contributed by atoms with Crippen LogP contribution in [0.25, 0.3) is 11.0 Å². The third-order valence-corrected chi connectivity index (χ3v) is 8.58. The maximum Gasteiger partial charge on any atom is 0.407 e. The number of nitrogens with one attached hydrogen (secondary N) is 3. The van der Waals surface area contributed by atoms with Gasteiger partial charge in [-0.1, -0.05) is 0 Å². The summed E-state index contributed by atoms with van der Waals surface area (Å²) in [6.45, 7) is 1.25. The highest BCUT2D eigenvalue weighted by atomic mass is 19.3. The van der Waals surface area contributed by atoms with Crippen LogP contribution in [-0.4, -0.2) is 58.4 Å². The van der Waals surface area contributed by atoms with E-state index in [4.69, 9.17) is 9.47 Å². The van der Waals surface area contributed by atoms with Crippen LogP contribution in [0, 0.1) is 5.92 Å². The molecule has 0 spiro atoms. The molecule has 13 heteroatoms. The minimum absolute atomic E-state index is 0.0961. The van der Waals surface area contributed by atoms with Crippen molar-refractivity contribution in [3.63, 3.8) is 0 Å². The van der Waals surface area contributed by atoms with E-state index in [0.717, 1.165) is 31.2 Å². The summed E-state index contributed by atoms with van der Waals surface area (Å²) in [5, 5.41) is 8.80. The third kappa shape index (κ3) is 5.57. The Morgan fingerprint density at radius 2 is 1.81 bits per heavy atom. The van der Waals surface area contributed by atoms with Crippen molar-refractivity contribution in [2.24, 2.45) is 13.0 Å². The normalized spacial score (nSPS) is 23.5. The van der Waals surface area contributed by atoms with Crippen LogP contribution in [0.3, 0.4) is 0 Å². The number of methoxy groups -OCH3 is 1. The fraction of sp³-hybridized carbons (Fsp3) is 0.517. The van der Waals surface area contributed by atoms with E-state index in [2.05, 4.69) is 20.9 Å². The van der Waals surface area contributed by atoms with Gasteiger partial charge in [0.25, 0.3) is 5.92 Å². The number of carbonyl (C=O) groups excluding carboxylic acids is 2. The van der Waals surface area contributed by atoms with Crippen LogP contribution in [0.4, 0.5) is 30.8 Å². The molecule has 1 saturated heterocycles. The van der Waals surface area contributed by atoms with Gasteiger partial charge >= 0.3 is 11.8 Å². The number of anilines is 3. The predicted molar refractivity (Wildman–Crippen MR) is 151 cm³/mol. The van der Waals surface area contributed by atoms with Crippen LogP contribution < -0.4 is 21.6 Å². The molecule has 0 unspecified atom stereocenters. The number of pyridine rings is 1. The molecule has 2 aliphatic carbocycles. The van der Waals surface area contributed by atoms with Gasteiger partial charge in [-0.25, -0.2) is 23.4 Å². The second-order valence-electron chi connectivity index (χ2n) is 11.4. The number of imidazole rings is 1. The molecule has 2 saturated carbocycles. The SMILES string of the molecule is COC(=O)N[C@@H]1CC[C@@H](n2c(=O)n(C)c3cnc(Nc4cc(NC(=O)[C@H]5CC5(F)F)cc(C5CCOCC5)c4)cc32)C1. The topological polar surface area (TPSA) is 129 Å². The summed E-state index contributed by atoms with van der Waals surface area (Å²) in [6, 6.07) is 7.11. The van der Waals surface area contributed by atoms with E-state index in [1.807, 2.05) is 18.2 Å². The molecule has 0 bridgehead atoms. The second kappa shape index (κ2) is 11.0. The molecule has 3 aliphatic rings. The van der Waals surface area contributed by atoms with Gasteiger partial charge in [0.05, 0.1) is 24.3 Å². The number of fused-ring (bicyclic) bond motifs is 1. The first kappa shape index (κ1) is 28.1. The monoisotopic (exact) mass is 584 g/mol. The number of aryl methyl sites for hydroxylation is 1. The Bertz CT molecular complexity index is 1580. The summed E-state index contributed by atoms with van der Waals surface area (Å²) >= 11 is 0. The number of nitrogens with zero attached hydrogens (tertiary/aromatic N) is 3. The first-order chi connectivity index (χ1) is 20.1. The van der Waals surface area contributed by atoms with Crippen molar-refractivity contribution in [3.8, 4) is 0 Å². The molecule has 3 N–H and O–H groups in total. The fourth-order valence-corrected chi connectivity index (χ4v) is 6.16. The lowest BCUT2D eigenvalue weighted by Gasteiger charge is -2.24. The number of hydrogen-bond donors (Lipinski definition) is 3. The van der Waals surface area contributed by atoms with Gasteiger partial charge in [0.15, 0.2) is 0 Å². The number of rotatable bonds is 7. The van der Waals surface area contributed by atoms with Crippen LogP contribution in [0.15, 0.2) is 35.3 Å². The number of alkyl carbamates (subject to hydrolysis) is 1. The van der Waals surface area contributed by atoms with E-state index in [9.17, 15) is 23.2 Å². The highest BCUT2D eigenvalue weighted by Gasteiger charge is 2.61. The zero-order valence-corrected chi connectivity index (χ0v) is 23.5. The summed E-state index contributed by atoms with van der Waals surface area (Å²) in [6.07, 6.45) is 4.35. The molecule has 224 valence electrons. The average molecular weight is 585 g/mol. The quantitative estimate of drug-likeness (QED) is 0.375. The van der Waals surface area contributed by atoms with Crippen LogP contribution in [0.5, 0.6) is 0 Å². The molecule has 1 aromatic carbocycles. The minimum Gasteiger partial charge on any atom is -0.453 e. The van der Waals surface area contributed by atoms with Gasteiger partial charge in [0, 0.05) is 56.2 Å². The van der Waals surface area contributed by atoms with Crippen LogP contribution in [0.2, 0.25) is 0 Å². The molecule has 42 heavy (non-hydrogen) atoms. The van der Waals surface area contributed by atoms with Gasteiger partial charge < -0.3 is 25.4 Å². The van der Waals surface area contributed by atoms with Crippen molar-refractivity contribution >= 4 is 40.2 Å². The maximum atomic E-state index is 13.5. The summed E-state index contributed by atoms with van der Waals surface area (Å²) < 4.78 is 40.6. The Hall–Kier alpha value is -4.00. The zero-order chi connectivity index (χ0) is 29.6. The molecular weight excluding hydrogens is 550 g/mol. The third-order valence-electron chi connectivity index (χ3n) is 8.58. The lowest BCUT2D eigenvalue weighted by Crippen LogP contribution is -2.33. The lowest BCUT2D eigenvalue weighted by atomic mass is 9.91. The standard InChI is InChI=1S/C29H34F2N6O5/c1-36-24-15-32-25(13-23(24)37(28(36)40)21-4-3-18(12-21)35-27(39)41-2)33-19-9-17(16-5-7-42-8-6-16)10-20(11-19)34-26(38)22-14-29(22,30)31/h9-11,13,15-16,18,21-22H,3-8,12,14H2,1-2H3,(H,32,33)(H,34,38)(H,35,39)/t18-,21-,22-/m1/s1. The van der Waals surface area contributed by atoms with E-state index in [-0.39, 0.29) is 23.7 Å². The van der Waals surface area contributed by atoms with Gasteiger partial charge in [0.2, 0.25) is 5.91 Å². The summed E-state index contributed by atoms with van der Waals surface area (Å²) in [7, 11) is 3.02. The number of hydrogen-bond acceptors (Lipinski definition) is 7. The Balaban J connectivity index is 1.29. The fourth-order valence-electron chi connectivity index (χ4n) is 6.16. The molecular formula is C29H34F2N6O5. The van der Waals surface area contributed by atoms with E-state index in [0.29, 0.717) is 47.9 Å². The summed E-state index contributed by atoms with van der Waals surface area (Å²) in [4.78, 5) is 42.0. The molecule has 3 fully saturated rings. The largest absolute Gasteiger partial charge is 0.453 e. The predicted octanol–water partition coefficient (Wildman–Crippen LogP) is 4.42. The van der Waals surface area contributed by atoms with Gasteiger partial charge in [0.1, 0.15) is 11.7 Å². The molecule has 2 amide bonds. The van der Waals surface area contributed by atoms with Crippen LogP contribution in [0.1, 0.15) is 56.0 Å². The average Bonchev–Trinajstić information content (AvgIpc) is 3.27. The number of benzene rings is 1. The number of carbonyl (C=O) groups is 2. The van der Waals surface area contributed by atoms with Crippen molar-refractivity contribution in [2.45, 2.75) is 62.4 Å². The van der Waals surface area contributed by atoms with Gasteiger partial charge in [-0.3, -0.25) is 13.9 Å². The van der Waals surface area contributed by atoms with E-state index < -0.39 is 30.3 Å². The van der Waals surface area contributed by atoms with Crippen LogP contribution >= 0.6 is 0 Å². The number of amides is 2. The number of halogens is 2. The van der Waals surface area contributed by atoms with Crippen LogP contribution in [-0.2, 0) is 21.3 Å². The molecule has 1 aliphatic heterocycles. The summed E-state index contributed by atoms with van der Waals surface area (Å²) in [5.74, 6) is -4.28. The molecule has 3 aromatic rings. The Morgan fingerprint density at radius 1 is 1.07 bits per heavy atom. The highest BCUT2D eigenvalue weighted by Crippen LogP contribution is 2.49. The van der Waals surface area contributed by atoms with Gasteiger partial charge in [-0.15, -0.1) is 0 Å². The molecule has 0 radical (unpaired) electrons. The Labute approximate surface area is 240 Å². The molecule has 3 heterocycles. The number of ether oxygens (including phenoxy) is 2. The first-order valence-corrected chi connectivity index (χ1v) is 14.2. The van der Waals surface area contributed by atoms with Gasteiger partial charge in [-0.05, 0) is 61.8 Å². The smallest absolute Gasteiger partial charge is 0.407 e. The van der Waals surface area contributed by atoms with E-state index >= 15 is 0 Å². The Morgan fingerprint density at radius 3 is 2.52 bits per heavy atom. The molecule has 2 aromatic heterocycles. The molecule has 3 atom stereocenters.